The number of aromatic nitrogens is 2. The van der Waals surface area contributed by atoms with Crippen LogP contribution in [0.3, 0.4) is 0 Å². The van der Waals surface area contributed by atoms with E-state index in [9.17, 15) is 15.2 Å². The number of phenolic OH excluding ortho intramolecular Hbond substituents is 1. The Kier molecular flexibility index (Phi) is 3.65. The number of nitriles is 1. The summed E-state index contributed by atoms with van der Waals surface area (Å²) in [6.07, 6.45) is 1.61. The topological polar surface area (TPSA) is 89.8 Å². The summed E-state index contributed by atoms with van der Waals surface area (Å²) in [6, 6.07) is 13.9. The van der Waals surface area contributed by atoms with E-state index in [2.05, 4.69) is 16.0 Å². The molecular formula is C18H13N3O2. The highest BCUT2D eigenvalue weighted by atomic mass is 16.3. The number of benzene rings is 2. The molecule has 2 N–H and O–H groups in total. The molecule has 112 valence electrons. The zero-order valence-electron chi connectivity index (χ0n) is 12.4. The van der Waals surface area contributed by atoms with Gasteiger partial charge in [0.1, 0.15) is 11.8 Å². The van der Waals surface area contributed by atoms with Crippen LogP contribution in [-0.4, -0.2) is 15.1 Å². The van der Waals surface area contributed by atoms with Crippen molar-refractivity contribution in [2.45, 2.75) is 6.92 Å². The predicted molar refractivity (Wildman–Crippen MR) is 88.7 cm³/mol. The highest BCUT2D eigenvalue weighted by Crippen LogP contribution is 2.18. The van der Waals surface area contributed by atoms with E-state index in [0.717, 1.165) is 11.1 Å². The van der Waals surface area contributed by atoms with E-state index in [1.807, 2.05) is 13.0 Å². The third-order valence-corrected chi connectivity index (χ3v) is 3.44. The average molecular weight is 303 g/mol. The fourth-order valence-electron chi connectivity index (χ4n) is 2.27. The normalized spacial score (nSPS) is 11.4. The number of aromatic hydroxyl groups is 1. The molecule has 3 aromatic rings. The molecule has 0 bridgehead atoms. The number of rotatable bonds is 2. The number of fused-ring (bicyclic) bond motifs is 1. The fraction of sp³-hybridized carbons (Fsp3) is 0.0556. The van der Waals surface area contributed by atoms with Crippen molar-refractivity contribution in [1.29, 1.82) is 5.26 Å². The lowest BCUT2D eigenvalue weighted by Crippen LogP contribution is -2.11. The zero-order chi connectivity index (χ0) is 16.4. The number of nitrogens with one attached hydrogen (secondary N) is 1. The van der Waals surface area contributed by atoms with Gasteiger partial charge in [-0.1, -0.05) is 23.8 Å². The van der Waals surface area contributed by atoms with Gasteiger partial charge >= 0.3 is 0 Å². The molecule has 23 heavy (non-hydrogen) atoms. The Morgan fingerprint density at radius 2 is 2.00 bits per heavy atom. The number of hydrogen-bond donors (Lipinski definition) is 2. The maximum Gasteiger partial charge on any atom is 0.259 e. The van der Waals surface area contributed by atoms with Crippen molar-refractivity contribution in [1.82, 2.24) is 9.97 Å². The van der Waals surface area contributed by atoms with Crippen molar-refractivity contribution in [3.8, 4) is 11.8 Å². The molecule has 0 fully saturated rings. The summed E-state index contributed by atoms with van der Waals surface area (Å²) >= 11 is 0. The van der Waals surface area contributed by atoms with Crippen LogP contribution >= 0.6 is 0 Å². The van der Waals surface area contributed by atoms with Crippen LogP contribution in [-0.2, 0) is 0 Å². The van der Waals surface area contributed by atoms with Gasteiger partial charge in [-0.05, 0) is 42.8 Å². The molecular weight excluding hydrogens is 290 g/mol. The number of phenols is 1. The molecule has 1 heterocycles. The second-order valence-corrected chi connectivity index (χ2v) is 5.20. The van der Waals surface area contributed by atoms with Crippen LogP contribution in [0.25, 0.3) is 22.6 Å². The van der Waals surface area contributed by atoms with Gasteiger partial charge in [-0.2, -0.15) is 5.26 Å². The molecule has 0 radical (unpaired) electrons. The quantitative estimate of drug-likeness (QED) is 0.712. The molecule has 1 aromatic heterocycles. The van der Waals surface area contributed by atoms with Crippen LogP contribution in [0.1, 0.15) is 17.0 Å². The number of allylic oxidation sites excluding steroid dienone is 1. The highest BCUT2D eigenvalue weighted by Gasteiger charge is 2.08. The van der Waals surface area contributed by atoms with Crippen molar-refractivity contribution in [3.63, 3.8) is 0 Å². The van der Waals surface area contributed by atoms with Crippen molar-refractivity contribution >= 4 is 22.6 Å². The van der Waals surface area contributed by atoms with E-state index in [0.29, 0.717) is 10.9 Å². The van der Waals surface area contributed by atoms with E-state index in [4.69, 9.17) is 0 Å². The molecule has 0 aliphatic carbocycles. The van der Waals surface area contributed by atoms with E-state index in [1.54, 1.807) is 30.3 Å². The summed E-state index contributed by atoms with van der Waals surface area (Å²) in [5.74, 6) is 0.371. The summed E-state index contributed by atoms with van der Waals surface area (Å²) in [7, 11) is 0. The minimum Gasteiger partial charge on any atom is -0.508 e. The Morgan fingerprint density at radius 3 is 2.70 bits per heavy atom. The molecule has 5 nitrogen and oxygen atoms in total. The second kappa shape index (κ2) is 5.78. The maximum atomic E-state index is 12.2. The van der Waals surface area contributed by atoms with E-state index < -0.39 is 0 Å². The van der Waals surface area contributed by atoms with E-state index >= 15 is 0 Å². The van der Waals surface area contributed by atoms with Crippen molar-refractivity contribution in [2.24, 2.45) is 0 Å². The molecule has 0 unspecified atom stereocenters. The van der Waals surface area contributed by atoms with Gasteiger partial charge in [-0.3, -0.25) is 4.79 Å². The largest absolute Gasteiger partial charge is 0.508 e. The summed E-state index contributed by atoms with van der Waals surface area (Å²) in [4.78, 5) is 19.2. The van der Waals surface area contributed by atoms with Crippen molar-refractivity contribution in [2.75, 3.05) is 0 Å². The maximum absolute atomic E-state index is 12.2. The van der Waals surface area contributed by atoms with E-state index in [-0.39, 0.29) is 22.7 Å². The first kappa shape index (κ1) is 14.5. The van der Waals surface area contributed by atoms with Gasteiger partial charge < -0.3 is 10.1 Å². The summed E-state index contributed by atoms with van der Waals surface area (Å²) in [6.45, 7) is 1.90. The molecule has 0 atom stereocenters. The van der Waals surface area contributed by atoms with Gasteiger partial charge in [0.15, 0.2) is 5.82 Å². The number of nitrogens with zero attached hydrogens (tertiary/aromatic N) is 2. The summed E-state index contributed by atoms with van der Waals surface area (Å²) < 4.78 is 0. The SMILES string of the molecule is Cc1ccc2nc(/C(C#N)=C/c3ccc(O)cc3)[nH]c(=O)c2c1. The van der Waals surface area contributed by atoms with Gasteiger partial charge in [0.2, 0.25) is 0 Å². The van der Waals surface area contributed by atoms with Crippen LogP contribution in [0, 0.1) is 18.3 Å². The Balaban J connectivity index is 2.14. The zero-order valence-corrected chi connectivity index (χ0v) is 12.4. The molecule has 5 heteroatoms. The van der Waals surface area contributed by atoms with Crippen LogP contribution in [0.4, 0.5) is 0 Å². The van der Waals surface area contributed by atoms with Gasteiger partial charge in [0.25, 0.3) is 5.56 Å². The highest BCUT2D eigenvalue weighted by molar-refractivity contribution is 5.89. The van der Waals surface area contributed by atoms with Crippen LogP contribution in [0.5, 0.6) is 5.75 Å². The van der Waals surface area contributed by atoms with Gasteiger partial charge in [-0.25, -0.2) is 4.98 Å². The monoisotopic (exact) mass is 303 g/mol. The number of aromatic amines is 1. The fourth-order valence-corrected chi connectivity index (χ4v) is 2.27. The van der Waals surface area contributed by atoms with Crippen molar-refractivity contribution < 1.29 is 5.11 Å². The lowest BCUT2D eigenvalue weighted by Gasteiger charge is -2.03. The number of H-pyrrole nitrogens is 1. The molecule has 0 aliphatic rings. The Morgan fingerprint density at radius 1 is 1.26 bits per heavy atom. The summed E-state index contributed by atoms with van der Waals surface area (Å²) in [5.41, 5.74) is 2.21. The van der Waals surface area contributed by atoms with Gasteiger partial charge in [-0.15, -0.1) is 0 Å². The van der Waals surface area contributed by atoms with Gasteiger partial charge in [0.05, 0.1) is 16.5 Å². The standard InChI is InChI=1S/C18H13N3O2/c1-11-2-7-16-15(8-11)18(23)21-17(20-16)13(10-19)9-12-3-5-14(22)6-4-12/h2-9,22H,1H3,(H,20,21,23)/b13-9+. The first-order valence-corrected chi connectivity index (χ1v) is 6.99. The molecule has 0 saturated heterocycles. The molecule has 0 saturated carbocycles. The molecule has 0 amide bonds. The smallest absolute Gasteiger partial charge is 0.259 e. The Hall–Kier alpha value is -3.39. The Labute approximate surface area is 132 Å². The molecule has 3 rings (SSSR count). The first-order chi connectivity index (χ1) is 11.1. The first-order valence-electron chi connectivity index (χ1n) is 6.99. The lowest BCUT2D eigenvalue weighted by molar-refractivity contribution is 0.475. The number of aryl methyl sites for hydroxylation is 1. The third-order valence-electron chi connectivity index (χ3n) is 3.44. The molecule has 0 aliphatic heterocycles. The van der Waals surface area contributed by atoms with Crippen LogP contribution in [0.2, 0.25) is 0 Å². The predicted octanol–water partition coefficient (Wildman–Crippen LogP) is 3.00. The minimum absolute atomic E-state index is 0.147. The molecule has 2 aromatic carbocycles. The summed E-state index contributed by atoms with van der Waals surface area (Å²) in [5, 5.41) is 19.2. The third kappa shape index (κ3) is 2.97. The average Bonchev–Trinajstić information content (AvgIpc) is 2.55. The van der Waals surface area contributed by atoms with Gasteiger partial charge in [0, 0.05) is 0 Å². The second-order valence-electron chi connectivity index (χ2n) is 5.20. The van der Waals surface area contributed by atoms with E-state index in [1.165, 1.54) is 12.1 Å². The Bertz CT molecular complexity index is 1010. The minimum atomic E-state index is -0.277. The molecule has 0 spiro atoms. The van der Waals surface area contributed by atoms with Crippen LogP contribution < -0.4 is 5.56 Å². The van der Waals surface area contributed by atoms with Crippen molar-refractivity contribution in [3.05, 3.63) is 69.8 Å². The number of hydrogen-bond acceptors (Lipinski definition) is 4. The lowest BCUT2D eigenvalue weighted by atomic mass is 10.1. The van der Waals surface area contributed by atoms with Crippen LogP contribution in [0.15, 0.2) is 47.3 Å².